The number of rotatable bonds is 2. The van der Waals surface area contributed by atoms with Gasteiger partial charge in [-0.2, -0.15) is 0 Å². The van der Waals surface area contributed by atoms with E-state index in [1.54, 1.807) is 27.2 Å². The average molecular weight is 212 g/mol. The summed E-state index contributed by atoms with van der Waals surface area (Å²) in [6.45, 7) is 4.64. The molecule has 0 bridgehead atoms. The molecule has 1 atom stereocenters. The van der Waals surface area contributed by atoms with E-state index in [1.807, 2.05) is 4.57 Å². The Balaban J connectivity index is 2.34. The number of hydrogen-bond donors (Lipinski definition) is 1. The molecule has 0 saturated heterocycles. The maximum Gasteiger partial charge on any atom is 0.296 e. The lowest BCUT2D eigenvalue weighted by molar-refractivity contribution is 0.0104. The highest BCUT2D eigenvalue weighted by Gasteiger charge is 2.28. The van der Waals surface area contributed by atoms with Crippen molar-refractivity contribution in [2.24, 2.45) is 0 Å². The molecule has 1 aromatic heterocycles. The van der Waals surface area contributed by atoms with Crippen molar-refractivity contribution in [1.82, 2.24) is 9.55 Å². The van der Waals surface area contributed by atoms with Crippen LogP contribution >= 0.6 is 0 Å². The van der Waals surface area contributed by atoms with Crippen LogP contribution in [0.2, 0.25) is 0 Å². The monoisotopic (exact) mass is 212 g/mol. The molecular weight excluding hydrogens is 196 g/mol. The van der Waals surface area contributed by atoms with Crippen LogP contribution in [0.1, 0.15) is 19.5 Å². The summed E-state index contributed by atoms with van der Waals surface area (Å²) in [5.41, 5.74) is -0.163. The predicted molar refractivity (Wildman–Crippen MR) is 53.8 cm³/mol. The van der Waals surface area contributed by atoms with Crippen LogP contribution in [-0.4, -0.2) is 34.5 Å². The first-order valence-corrected chi connectivity index (χ1v) is 4.96. The average Bonchev–Trinajstić information content (AvgIpc) is 2.59. The molecule has 2 heterocycles. The largest absolute Gasteiger partial charge is 0.462 e. The highest BCUT2D eigenvalue weighted by atomic mass is 16.5. The molecule has 1 aromatic rings. The molecule has 0 aromatic carbocycles. The third kappa shape index (κ3) is 1.85. The molecule has 1 unspecified atom stereocenters. The third-order valence-electron chi connectivity index (χ3n) is 2.56. The minimum Gasteiger partial charge on any atom is -0.462 e. The summed E-state index contributed by atoms with van der Waals surface area (Å²) >= 11 is 0. The van der Waals surface area contributed by atoms with E-state index in [0.29, 0.717) is 19.2 Å². The van der Waals surface area contributed by atoms with Gasteiger partial charge in [-0.3, -0.25) is 4.57 Å². The molecule has 5 nitrogen and oxygen atoms in total. The summed E-state index contributed by atoms with van der Waals surface area (Å²) in [4.78, 5) is 4.12. The lowest BCUT2D eigenvalue weighted by Gasteiger charge is -2.27. The Hall–Kier alpha value is -1.07. The lowest BCUT2D eigenvalue weighted by Crippen LogP contribution is -2.34. The van der Waals surface area contributed by atoms with Gasteiger partial charge >= 0.3 is 0 Å². The SMILES string of the molecule is COC1COc2ncc(C(C)(C)O)n2C1. The molecule has 0 fully saturated rings. The van der Waals surface area contributed by atoms with E-state index >= 15 is 0 Å². The first-order chi connectivity index (χ1) is 7.02. The summed E-state index contributed by atoms with van der Waals surface area (Å²) in [5.74, 6) is 0. The highest BCUT2D eigenvalue weighted by Crippen LogP contribution is 2.27. The summed E-state index contributed by atoms with van der Waals surface area (Å²) in [7, 11) is 1.65. The van der Waals surface area contributed by atoms with Crippen LogP contribution in [0.3, 0.4) is 0 Å². The zero-order valence-electron chi connectivity index (χ0n) is 9.23. The zero-order valence-corrected chi connectivity index (χ0v) is 9.23. The van der Waals surface area contributed by atoms with Crippen LogP contribution in [0.25, 0.3) is 0 Å². The molecule has 5 heteroatoms. The van der Waals surface area contributed by atoms with Crippen LogP contribution in [0.4, 0.5) is 0 Å². The zero-order chi connectivity index (χ0) is 11.1. The quantitative estimate of drug-likeness (QED) is 0.776. The molecule has 1 N–H and O–H groups in total. The number of fused-ring (bicyclic) bond motifs is 1. The second-order valence-electron chi connectivity index (χ2n) is 4.26. The van der Waals surface area contributed by atoms with Crippen LogP contribution < -0.4 is 4.74 Å². The number of aliphatic hydroxyl groups is 1. The van der Waals surface area contributed by atoms with E-state index in [0.717, 1.165) is 5.69 Å². The van der Waals surface area contributed by atoms with Gasteiger partial charge in [-0.05, 0) is 13.8 Å². The number of nitrogens with zero attached hydrogens (tertiary/aromatic N) is 2. The highest BCUT2D eigenvalue weighted by molar-refractivity contribution is 5.17. The summed E-state index contributed by atoms with van der Waals surface area (Å²) < 4.78 is 12.5. The van der Waals surface area contributed by atoms with E-state index in [2.05, 4.69) is 4.98 Å². The summed E-state index contributed by atoms with van der Waals surface area (Å²) in [6.07, 6.45) is 1.67. The molecule has 0 saturated carbocycles. The molecule has 0 radical (unpaired) electrons. The van der Waals surface area contributed by atoms with Gasteiger partial charge in [-0.15, -0.1) is 0 Å². The van der Waals surface area contributed by atoms with Crippen molar-refractivity contribution in [3.8, 4) is 6.01 Å². The number of aromatic nitrogens is 2. The van der Waals surface area contributed by atoms with Crippen molar-refractivity contribution in [3.05, 3.63) is 11.9 Å². The van der Waals surface area contributed by atoms with Gasteiger partial charge in [0.1, 0.15) is 18.3 Å². The van der Waals surface area contributed by atoms with Crippen molar-refractivity contribution in [3.63, 3.8) is 0 Å². The molecule has 1 aliphatic heterocycles. The Bertz CT molecular complexity index is 354. The second kappa shape index (κ2) is 3.50. The number of imidazole rings is 1. The van der Waals surface area contributed by atoms with Gasteiger partial charge in [0.2, 0.25) is 0 Å². The fraction of sp³-hybridized carbons (Fsp3) is 0.700. The molecule has 15 heavy (non-hydrogen) atoms. The van der Waals surface area contributed by atoms with Gasteiger partial charge in [0.25, 0.3) is 6.01 Å². The Morgan fingerprint density at radius 2 is 2.40 bits per heavy atom. The molecule has 0 aliphatic carbocycles. The maximum atomic E-state index is 9.94. The second-order valence-corrected chi connectivity index (χ2v) is 4.26. The van der Waals surface area contributed by atoms with Crippen molar-refractivity contribution < 1.29 is 14.6 Å². The van der Waals surface area contributed by atoms with Gasteiger partial charge in [-0.1, -0.05) is 0 Å². The van der Waals surface area contributed by atoms with Gasteiger partial charge in [0.05, 0.1) is 18.4 Å². The fourth-order valence-electron chi connectivity index (χ4n) is 1.71. The van der Waals surface area contributed by atoms with Crippen LogP contribution in [0.15, 0.2) is 6.20 Å². The fourth-order valence-corrected chi connectivity index (χ4v) is 1.71. The smallest absolute Gasteiger partial charge is 0.296 e. The van der Waals surface area contributed by atoms with Gasteiger partial charge in [-0.25, -0.2) is 4.98 Å². The van der Waals surface area contributed by atoms with Gasteiger partial charge in [0.15, 0.2) is 0 Å². The molecule has 1 aliphatic rings. The summed E-state index contributed by atoms with van der Waals surface area (Å²) in [5, 5.41) is 9.94. The van der Waals surface area contributed by atoms with Crippen LogP contribution in [-0.2, 0) is 16.9 Å². The number of hydrogen-bond acceptors (Lipinski definition) is 4. The standard InChI is InChI=1S/C10H16N2O3/c1-10(2,13)8-4-11-9-12(8)5-7(14-3)6-15-9/h4,7,13H,5-6H2,1-3H3. The molecule has 2 rings (SSSR count). The predicted octanol–water partition coefficient (Wildman–Crippen LogP) is 0.518. The summed E-state index contributed by atoms with van der Waals surface area (Å²) in [6, 6.07) is 0.556. The molecule has 84 valence electrons. The number of ether oxygens (including phenoxy) is 2. The normalized spacial score (nSPS) is 20.9. The molecule has 0 spiro atoms. The van der Waals surface area contributed by atoms with E-state index in [9.17, 15) is 5.11 Å². The minimum absolute atomic E-state index is 0.0211. The van der Waals surface area contributed by atoms with Crippen LogP contribution in [0, 0.1) is 0 Å². The van der Waals surface area contributed by atoms with E-state index in [-0.39, 0.29) is 6.10 Å². The molecular formula is C10H16N2O3. The number of methoxy groups -OCH3 is 1. The molecule has 0 amide bonds. The van der Waals surface area contributed by atoms with Gasteiger partial charge < -0.3 is 14.6 Å². The van der Waals surface area contributed by atoms with Crippen molar-refractivity contribution in [2.45, 2.75) is 32.1 Å². The van der Waals surface area contributed by atoms with Crippen molar-refractivity contribution in [1.29, 1.82) is 0 Å². The Kier molecular flexibility index (Phi) is 2.44. The van der Waals surface area contributed by atoms with Crippen molar-refractivity contribution >= 4 is 0 Å². The minimum atomic E-state index is -0.912. The van der Waals surface area contributed by atoms with E-state index < -0.39 is 5.60 Å². The first kappa shape index (κ1) is 10.4. The first-order valence-electron chi connectivity index (χ1n) is 4.96. The Morgan fingerprint density at radius 3 is 3.00 bits per heavy atom. The maximum absolute atomic E-state index is 9.94. The van der Waals surface area contributed by atoms with Crippen LogP contribution in [0.5, 0.6) is 6.01 Å². The third-order valence-corrected chi connectivity index (χ3v) is 2.56. The lowest BCUT2D eigenvalue weighted by atomic mass is 10.1. The van der Waals surface area contributed by atoms with E-state index in [4.69, 9.17) is 9.47 Å². The van der Waals surface area contributed by atoms with Crippen molar-refractivity contribution in [2.75, 3.05) is 13.7 Å². The Labute approximate surface area is 88.6 Å². The van der Waals surface area contributed by atoms with Gasteiger partial charge in [0, 0.05) is 7.11 Å². The topological polar surface area (TPSA) is 56.5 Å². The Morgan fingerprint density at radius 1 is 1.67 bits per heavy atom. The van der Waals surface area contributed by atoms with E-state index in [1.165, 1.54) is 0 Å².